The molecule has 3 rings (SSSR count). The maximum atomic E-state index is 12.5. The van der Waals surface area contributed by atoms with Crippen molar-refractivity contribution < 1.29 is 16.8 Å². The Kier molecular flexibility index (Phi) is 4.89. The average molecular weight is 391 g/mol. The highest BCUT2D eigenvalue weighted by Crippen LogP contribution is 2.36. The molecule has 2 aliphatic rings. The number of thioether (sulfide) groups is 1. The maximum Gasteiger partial charge on any atom is 0.285 e. The Labute approximate surface area is 145 Å². The fourth-order valence-corrected chi connectivity index (χ4v) is 6.31. The minimum atomic E-state index is -3.93. The predicted octanol–water partition coefficient (Wildman–Crippen LogP) is 0.0404. The lowest BCUT2D eigenvalue weighted by molar-refractivity contribution is 0.363. The number of amidine groups is 1. The molecule has 0 spiro atoms. The van der Waals surface area contributed by atoms with Gasteiger partial charge in [-0.15, -0.1) is 4.40 Å². The van der Waals surface area contributed by atoms with Crippen molar-refractivity contribution in [2.45, 2.75) is 21.6 Å². The maximum absolute atomic E-state index is 12.5. The van der Waals surface area contributed by atoms with E-state index in [1.54, 1.807) is 6.92 Å². The Morgan fingerprint density at radius 3 is 2.71 bits per heavy atom. The lowest BCUT2D eigenvalue weighted by Crippen LogP contribution is -2.46. The number of benzene rings is 1. The van der Waals surface area contributed by atoms with Crippen molar-refractivity contribution in [2.75, 3.05) is 32.7 Å². The third-order valence-electron chi connectivity index (χ3n) is 3.62. The summed E-state index contributed by atoms with van der Waals surface area (Å²) in [7, 11) is -7.64. The van der Waals surface area contributed by atoms with Gasteiger partial charge in [0.1, 0.15) is 4.90 Å². The van der Waals surface area contributed by atoms with E-state index < -0.39 is 20.0 Å². The molecule has 2 N–H and O–H groups in total. The van der Waals surface area contributed by atoms with Crippen LogP contribution in [0.3, 0.4) is 0 Å². The number of fused-ring (bicyclic) bond motifs is 1. The molecule has 0 aromatic heterocycles. The molecule has 0 amide bonds. The van der Waals surface area contributed by atoms with Crippen LogP contribution < -0.4 is 10.0 Å². The van der Waals surface area contributed by atoms with E-state index >= 15 is 0 Å². The molecule has 0 radical (unpaired) electrons. The molecule has 11 heteroatoms. The van der Waals surface area contributed by atoms with Gasteiger partial charge in [-0.2, -0.15) is 8.42 Å². The summed E-state index contributed by atoms with van der Waals surface area (Å²) in [5.41, 5.74) is 0. The van der Waals surface area contributed by atoms with Gasteiger partial charge in [-0.3, -0.25) is 0 Å². The first-order valence-electron chi connectivity index (χ1n) is 7.46. The van der Waals surface area contributed by atoms with Crippen LogP contribution in [0.25, 0.3) is 0 Å². The van der Waals surface area contributed by atoms with Crippen LogP contribution in [0, 0.1) is 0 Å². The van der Waals surface area contributed by atoms with Gasteiger partial charge in [0.2, 0.25) is 10.0 Å². The van der Waals surface area contributed by atoms with Gasteiger partial charge < -0.3 is 10.2 Å². The number of hydrogen-bond acceptors (Lipinski definition) is 7. The molecule has 2 heterocycles. The second-order valence-corrected chi connectivity index (χ2v) is 9.65. The highest BCUT2D eigenvalue weighted by Gasteiger charge is 2.30. The van der Waals surface area contributed by atoms with Gasteiger partial charge in [0.15, 0.2) is 5.17 Å². The van der Waals surface area contributed by atoms with Crippen molar-refractivity contribution in [1.29, 1.82) is 0 Å². The first-order valence-corrected chi connectivity index (χ1v) is 11.2. The number of rotatable bonds is 3. The molecule has 1 aromatic rings. The zero-order chi connectivity index (χ0) is 17.4. The van der Waals surface area contributed by atoms with Gasteiger partial charge in [0.25, 0.3) is 10.0 Å². The Morgan fingerprint density at radius 2 is 2.04 bits per heavy atom. The molecule has 1 aromatic carbocycles. The van der Waals surface area contributed by atoms with Crippen molar-refractivity contribution >= 4 is 37.0 Å². The minimum absolute atomic E-state index is 0.0645. The fourth-order valence-electron chi connectivity index (χ4n) is 2.46. The van der Waals surface area contributed by atoms with Gasteiger partial charge in [-0.1, -0.05) is 6.92 Å². The molecule has 0 bridgehead atoms. The average Bonchev–Trinajstić information content (AvgIpc) is 2.54. The quantitative estimate of drug-likeness (QED) is 0.750. The molecule has 2 aliphatic heterocycles. The van der Waals surface area contributed by atoms with E-state index in [-0.39, 0.29) is 16.3 Å². The molecule has 132 valence electrons. The molecule has 0 aliphatic carbocycles. The Balaban J connectivity index is 1.99. The van der Waals surface area contributed by atoms with Crippen molar-refractivity contribution in [3.63, 3.8) is 0 Å². The van der Waals surface area contributed by atoms with E-state index in [0.29, 0.717) is 23.2 Å². The molecular formula is C13H18N4O4S3. The molecule has 24 heavy (non-hydrogen) atoms. The van der Waals surface area contributed by atoms with Crippen LogP contribution in [0.4, 0.5) is 0 Å². The third-order valence-corrected chi connectivity index (χ3v) is 7.83. The van der Waals surface area contributed by atoms with Gasteiger partial charge in [-0.25, -0.2) is 13.1 Å². The molecule has 1 fully saturated rings. The Hall–Kier alpha value is -1.14. The standard InChI is InChI=1S/C13H18N4O4S3/c1-2-15-23(18,19)10-3-4-11-12(9-10)24(20,21)16-13(22-11)17-7-5-14-6-8-17/h3-4,9,14-15H,2,5-8H2,1H3. The number of sulfonamides is 2. The molecule has 8 nitrogen and oxygen atoms in total. The molecule has 0 saturated carbocycles. The summed E-state index contributed by atoms with van der Waals surface area (Å²) in [5, 5.41) is 3.64. The minimum Gasteiger partial charge on any atom is -0.348 e. The monoisotopic (exact) mass is 390 g/mol. The number of hydrogen-bond donors (Lipinski definition) is 2. The Bertz CT molecular complexity index is 874. The fraction of sp³-hybridized carbons (Fsp3) is 0.462. The summed E-state index contributed by atoms with van der Waals surface area (Å²) in [6.45, 7) is 4.80. The molecule has 0 atom stereocenters. The lowest BCUT2D eigenvalue weighted by atomic mass is 10.4. The van der Waals surface area contributed by atoms with Gasteiger partial charge in [0.05, 0.1) is 4.90 Å². The third kappa shape index (κ3) is 3.45. The van der Waals surface area contributed by atoms with Crippen LogP contribution in [-0.2, 0) is 20.0 Å². The zero-order valence-corrected chi connectivity index (χ0v) is 15.5. The summed E-state index contributed by atoms with van der Waals surface area (Å²) in [4.78, 5) is 2.28. The number of nitrogens with one attached hydrogen (secondary N) is 2. The van der Waals surface area contributed by atoms with Crippen LogP contribution in [-0.4, -0.2) is 59.6 Å². The summed E-state index contributed by atoms with van der Waals surface area (Å²) in [6, 6.07) is 4.12. The number of piperazine rings is 1. The second-order valence-electron chi connectivity index (χ2n) is 5.30. The second kappa shape index (κ2) is 6.64. The summed E-state index contributed by atoms with van der Waals surface area (Å²) < 4.78 is 55.4. The van der Waals surface area contributed by atoms with Crippen molar-refractivity contribution in [3.05, 3.63) is 18.2 Å². The molecular weight excluding hydrogens is 372 g/mol. The van der Waals surface area contributed by atoms with Gasteiger partial charge in [0, 0.05) is 37.6 Å². The first-order chi connectivity index (χ1) is 11.3. The molecule has 0 unspecified atom stereocenters. The first kappa shape index (κ1) is 17.7. The summed E-state index contributed by atoms with van der Waals surface area (Å²) in [5.74, 6) is 0. The predicted molar refractivity (Wildman–Crippen MR) is 92.2 cm³/mol. The Morgan fingerprint density at radius 1 is 1.33 bits per heavy atom. The van der Waals surface area contributed by atoms with Crippen LogP contribution >= 0.6 is 11.8 Å². The van der Waals surface area contributed by atoms with E-state index in [2.05, 4.69) is 14.4 Å². The summed E-state index contributed by atoms with van der Waals surface area (Å²) in [6.07, 6.45) is 0. The lowest BCUT2D eigenvalue weighted by Gasteiger charge is -2.31. The van der Waals surface area contributed by atoms with E-state index in [1.807, 2.05) is 4.90 Å². The van der Waals surface area contributed by atoms with Crippen molar-refractivity contribution in [1.82, 2.24) is 14.9 Å². The van der Waals surface area contributed by atoms with Crippen molar-refractivity contribution in [2.24, 2.45) is 4.40 Å². The van der Waals surface area contributed by atoms with Crippen LogP contribution in [0.5, 0.6) is 0 Å². The van der Waals surface area contributed by atoms with Crippen LogP contribution in [0.2, 0.25) is 0 Å². The zero-order valence-electron chi connectivity index (χ0n) is 13.0. The van der Waals surface area contributed by atoms with Crippen LogP contribution in [0.15, 0.2) is 37.3 Å². The topological polar surface area (TPSA) is 108 Å². The van der Waals surface area contributed by atoms with Gasteiger partial charge in [-0.05, 0) is 30.0 Å². The van der Waals surface area contributed by atoms with E-state index in [9.17, 15) is 16.8 Å². The smallest absolute Gasteiger partial charge is 0.285 e. The van der Waals surface area contributed by atoms with E-state index in [1.165, 1.54) is 30.0 Å². The normalized spacial score (nSPS) is 20.4. The molecule has 1 saturated heterocycles. The SMILES string of the molecule is CCNS(=O)(=O)c1ccc2c(c1)S(=O)(=O)N=C(N1CCNCC1)S2. The van der Waals surface area contributed by atoms with Crippen molar-refractivity contribution in [3.8, 4) is 0 Å². The van der Waals surface area contributed by atoms with Gasteiger partial charge >= 0.3 is 0 Å². The summed E-state index contributed by atoms with van der Waals surface area (Å²) >= 11 is 1.25. The highest BCUT2D eigenvalue weighted by atomic mass is 32.2. The highest BCUT2D eigenvalue weighted by molar-refractivity contribution is 8.15. The van der Waals surface area contributed by atoms with E-state index in [0.717, 1.165) is 13.1 Å². The van der Waals surface area contributed by atoms with Crippen LogP contribution in [0.1, 0.15) is 6.92 Å². The largest absolute Gasteiger partial charge is 0.348 e. The number of nitrogens with zero attached hydrogens (tertiary/aromatic N) is 2. The van der Waals surface area contributed by atoms with E-state index in [4.69, 9.17) is 0 Å².